The second kappa shape index (κ2) is 4.65. The summed E-state index contributed by atoms with van der Waals surface area (Å²) in [6, 6.07) is 0.350. The molecule has 1 aromatic heterocycles. The van der Waals surface area contributed by atoms with E-state index in [9.17, 15) is 9.59 Å². The highest BCUT2D eigenvalue weighted by molar-refractivity contribution is 6.01. The van der Waals surface area contributed by atoms with Gasteiger partial charge in [-0.3, -0.25) is 4.79 Å². The van der Waals surface area contributed by atoms with Crippen molar-refractivity contribution >= 4 is 11.9 Å². The number of rotatable bonds is 2. The normalized spacial score (nSPS) is 25.0. The molecule has 1 amide bonds. The lowest BCUT2D eigenvalue weighted by molar-refractivity contribution is 0.0690. The van der Waals surface area contributed by atoms with E-state index >= 15 is 0 Å². The van der Waals surface area contributed by atoms with Crippen molar-refractivity contribution in [2.75, 3.05) is 6.54 Å². The molecule has 1 aromatic rings. The molecule has 20 heavy (non-hydrogen) atoms. The maximum Gasteiger partial charge on any atom is 0.352 e. The van der Waals surface area contributed by atoms with Gasteiger partial charge in [0.15, 0.2) is 0 Å². The van der Waals surface area contributed by atoms with E-state index in [1.807, 2.05) is 4.90 Å². The number of nitrogens with one attached hydrogen (secondary N) is 1. The monoisotopic (exact) mass is 276 g/mol. The number of likely N-dealkylation sites (tertiary alicyclic amines) is 1. The lowest BCUT2D eigenvalue weighted by Crippen LogP contribution is -2.35. The van der Waals surface area contributed by atoms with Gasteiger partial charge >= 0.3 is 5.97 Å². The first-order valence-corrected chi connectivity index (χ1v) is 7.22. The van der Waals surface area contributed by atoms with Crippen LogP contribution in [0.15, 0.2) is 0 Å². The molecule has 1 aliphatic heterocycles. The molecule has 5 heteroatoms. The fourth-order valence-electron chi connectivity index (χ4n) is 3.82. The Morgan fingerprint density at radius 3 is 2.65 bits per heavy atom. The molecular weight excluding hydrogens is 256 g/mol. The molecule has 3 rings (SSSR count). The van der Waals surface area contributed by atoms with Gasteiger partial charge in [-0.15, -0.1) is 0 Å². The van der Waals surface area contributed by atoms with E-state index < -0.39 is 5.97 Å². The minimum Gasteiger partial charge on any atom is -0.477 e. The molecule has 2 aliphatic rings. The molecule has 1 aliphatic carbocycles. The number of nitrogens with zero attached hydrogens (tertiary/aromatic N) is 1. The number of hydrogen-bond acceptors (Lipinski definition) is 2. The first-order valence-electron chi connectivity index (χ1n) is 7.22. The SMILES string of the molecule is Cc1[nH]c(C(=O)O)c(C)c1C(=O)N1C[C@@H]2CCC[C@H]1C2. The average Bonchev–Trinajstić information content (AvgIpc) is 2.86. The third kappa shape index (κ3) is 1.92. The van der Waals surface area contributed by atoms with Gasteiger partial charge in [-0.05, 0) is 44.6 Å². The van der Waals surface area contributed by atoms with Crippen LogP contribution in [-0.4, -0.2) is 39.5 Å². The van der Waals surface area contributed by atoms with Crippen LogP contribution in [0, 0.1) is 19.8 Å². The Morgan fingerprint density at radius 2 is 2.05 bits per heavy atom. The van der Waals surface area contributed by atoms with Crippen LogP contribution in [0.3, 0.4) is 0 Å². The molecule has 1 saturated heterocycles. The van der Waals surface area contributed by atoms with Crippen molar-refractivity contribution in [3.05, 3.63) is 22.5 Å². The lowest BCUT2D eigenvalue weighted by atomic mass is 9.90. The molecule has 0 radical (unpaired) electrons. The van der Waals surface area contributed by atoms with Crippen molar-refractivity contribution in [3.8, 4) is 0 Å². The van der Waals surface area contributed by atoms with E-state index in [2.05, 4.69) is 4.98 Å². The van der Waals surface area contributed by atoms with Crippen LogP contribution in [0.4, 0.5) is 0 Å². The summed E-state index contributed by atoms with van der Waals surface area (Å²) in [5.74, 6) is -0.376. The number of aryl methyl sites for hydroxylation is 1. The summed E-state index contributed by atoms with van der Waals surface area (Å²) in [4.78, 5) is 28.7. The van der Waals surface area contributed by atoms with Gasteiger partial charge < -0.3 is 15.0 Å². The van der Waals surface area contributed by atoms with Crippen LogP contribution in [0.25, 0.3) is 0 Å². The molecule has 2 atom stereocenters. The molecule has 0 aromatic carbocycles. The third-order valence-corrected chi connectivity index (χ3v) is 4.78. The molecule has 108 valence electrons. The summed E-state index contributed by atoms with van der Waals surface area (Å²) in [7, 11) is 0. The van der Waals surface area contributed by atoms with Crippen LogP contribution in [0.5, 0.6) is 0 Å². The highest BCUT2D eigenvalue weighted by Crippen LogP contribution is 2.36. The van der Waals surface area contributed by atoms with Gasteiger partial charge in [0, 0.05) is 18.3 Å². The van der Waals surface area contributed by atoms with Crippen LogP contribution in [0.2, 0.25) is 0 Å². The summed E-state index contributed by atoms with van der Waals surface area (Å²) in [5, 5.41) is 9.14. The Balaban J connectivity index is 1.93. The molecule has 2 bridgehead atoms. The van der Waals surface area contributed by atoms with Crippen molar-refractivity contribution in [1.29, 1.82) is 0 Å². The number of amides is 1. The van der Waals surface area contributed by atoms with E-state index in [-0.39, 0.29) is 11.6 Å². The zero-order valence-corrected chi connectivity index (χ0v) is 11.9. The molecule has 2 N–H and O–H groups in total. The summed E-state index contributed by atoms with van der Waals surface area (Å²) in [6.45, 7) is 4.31. The van der Waals surface area contributed by atoms with Gasteiger partial charge in [-0.1, -0.05) is 6.42 Å². The highest BCUT2D eigenvalue weighted by atomic mass is 16.4. The van der Waals surface area contributed by atoms with Crippen LogP contribution in [0.1, 0.15) is 57.8 Å². The third-order valence-electron chi connectivity index (χ3n) is 4.78. The Kier molecular flexibility index (Phi) is 3.07. The summed E-state index contributed by atoms with van der Waals surface area (Å²) in [5.41, 5.74) is 1.90. The smallest absolute Gasteiger partial charge is 0.352 e. The molecule has 2 heterocycles. The molecule has 0 spiro atoms. The number of aromatic amines is 1. The van der Waals surface area contributed by atoms with E-state index in [1.165, 1.54) is 12.8 Å². The largest absolute Gasteiger partial charge is 0.477 e. The number of fused-ring (bicyclic) bond motifs is 2. The maximum atomic E-state index is 12.8. The topological polar surface area (TPSA) is 73.4 Å². The number of H-pyrrole nitrogens is 1. The van der Waals surface area contributed by atoms with Crippen molar-refractivity contribution in [2.45, 2.75) is 45.6 Å². The van der Waals surface area contributed by atoms with Crippen molar-refractivity contribution in [1.82, 2.24) is 9.88 Å². The fraction of sp³-hybridized carbons (Fsp3) is 0.600. The predicted molar refractivity (Wildman–Crippen MR) is 74.0 cm³/mol. The molecular formula is C15H20N2O3. The Hall–Kier alpha value is -1.78. The number of hydrogen-bond donors (Lipinski definition) is 2. The summed E-state index contributed by atoms with van der Waals surface area (Å²) in [6.07, 6.45) is 4.60. The lowest BCUT2D eigenvalue weighted by Gasteiger charge is -2.25. The predicted octanol–water partition coefficient (Wildman–Crippen LogP) is 2.34. The fourth-order valence-corrected chi connectivity index (χ4v) is 3.82. The molecule has 0 unspecified atom stereocenters. The minimum absolute atomic E-state index is 0.00171. The van der Waals surface area contributed by atoms with E-state index in [0.717, 1.165) is 19.4 Å². The van der Waals surface area contributed by atoms with Gasteiger partial charge in [0.05, 0.1) is 5.56 Å². The molecule has 2 fully saturated rings. The summed E-state index contributed by atoms with van der Waals surface area (Å²) < 4.78 is 0. The Morgan fingerprint density at radius 1 is 1.30 bits per heavy atom. The van der Waals surface area contributed by atoms with Crippen molar-refractivity contribution in [3.63, 3.8) is 0 Å². The quantitative estimate of drug-likeness (QED) is 0.870. The van der Waals surface area contributed by atoms with Gasteiger partial charge in [0.25, 0.3) is 5.91 Å². The number of carboxylic acid groups (broad SMARTS) is 1. The number of carbonyl (C=O) groups excluding carboxylic acids is 1. The highest BCUT2D eigenvalue weighted by Gasteiger charge is 2.39. The maximum absolute atomic E-state index is 12.8. The van der Waals surface area contributed by atoms with Gasteiger partial charge in [-0.2, -0.15) is 0 Å². The Bertz CT molecular complexity index is 576. The second-order valence-corrected chi connectivity index (χ2v) is 6.07. The standard InChI is InChI=1S/C15H20N2O3/c1-8-12(9(2)16-13(8)15(19)20)14(18)17-7-10-4-3-5-11(17)6-10/h10-11,16H,3-7H2,1-2H3,(H,19,20)/t10-,11+/m1/s1. The average molecular weight is 276 g/mol. The first kappa shape index (κ1) is 13.2. The number of aromatic carboxylic acids is 1. The van der Waals surface area contributed by atoms with Gasteiger partial charge in [0.2, 0.25) is 0 Å². The molecule has 5 nitrogen and oxygen atoms in total. The zero-order valence-electron chi connectivity index (χ0n) is 11.9. The summed E-state index contributed by atoms with van der Waals surface area (Å²) >= 11 is 0. The van der Waals surface area contributed by atoms with E-state index in [1.54, 1.807) is 13.8 Å². The zero-order chi connectivity index (χ0) is 14.4. The van der Waals surface area contributed by atoms with Gasteiger partial charge in [0.1, 0.15) is 5.69 Å². The van der Waals surface area contributed by atoms with Gasteiger partial charge in [-0.25, -0.2) is 4.79 Å². The number of carboxylic acids is 1. The number of aromatic nitrogens is 1. The molecule has 1 saturated carbocycles. The van der Waals surface area contributed by atoms with Crippen LogP contribution in [-0.2, 0) is 0 Å². The van der Waals surface area contributed by atoms with Crippen molar-refractivity contribution in [2.24, 2.45) is 5.92 Å². The van der Waals surface area contributed by atoms with Crippen LogP contribution < -0.4 is 0 Å². The first-order chi connectivity index (χ1) is 9.49. The second-order valence-electron chi connectivity index (χ2n) is 6.07. The van der Waals surface area contributed by atoms with E-state index in [4.69, 9.17) is 5.11 Å². The van der Waals surface area contributed by atoms with Crippen molar-refractivity contribution < 1.29 is 14.7 Å². The minimum atomic E-state index is -1.01. The Labute approximate surface area is 118 Å². The van der Waals surface area contributed by atoms with Crippen LogP contribution >= 0.6 is 0 Å². The number of carbonyl (C=O) groups is 2. The van der Waals surface area contributed by atoms with E-state index in [0.29, 0.717) is 28.8 Å².